The van der Waals surface area contributed by atoms with E-state index >= 15 is 0 Å². The van der Waals surface area contributed by atoms with E-state index in [1.165, 1.54) is 53.5 Å². The van der Waals surface area contributed by atoms with E-state index in [9.17, 15) is 5.26 Å². The fraction of sp³-hybridized carbons (Fsp3) is 0.0167. The van der Waals surface area contributed by atoms with E-state index in [1.54, 1.807) is 0 Å². The van der Waals surface area contributed by atoms with E-state index in [4.69, 9.17) is 9.97 Å². The van der Waals surface area contributed by atoms with Gasteiger partial charge in [-0.05, 0) is 96.1 Å². The van der Waals surface area contributed by atoms with Gasteiger partial charge in [-0.3, -0.25) is 9.97 Å². The van der Waals surface area contributed by atoms with E-state index in [1.807, 2.05) is 36.3 Å². The number of hydrogen-bond acceptors (Lipinski definition) is 4. The van der Waals surface area contributed by atoms with Gasteiger partial charge in [0.25, 0.3) is 0 Å². The molecule has 0 saturated heterocycles. The van der Waals surface area contributed by atoms with Crippen LogP contribution >= 0.6 is 11.8 Å². The van der Waals surface area contributed by atoms with Crippen molar-refractivity contribution in [3.05, 3.63) is 234 Å². The first-order chi connectivity index (χ1) is 33.2. The highest BCUT2D eigenvalue weighted by Crippen LogP contribution is 2.63. The highest BCUT2D eigenvalue weighted by Gasteiger charge is 2.53. The van der Waals surface area contributed by atoms with Gasteiger partial charge in [0.05, 0.1) is 79.1 Å². The van der Waals surface area contributed by atoms with E-state index in [2.05, 4.69) is 202 Å². The van der Waals surface area contributed by atoms with Crippen LogP contribution in [-0.4, -0.2) is 23.7 Å². The summed E-state index contributed by atoms with van der Waals surface area (Å²) >= 11 is 1.85. The van der Waals surface area contributed by atoms with Crippen LogP contribution in [0.15, 0.2) is 216 Å². The zero-order chi connectivity index (χ0) is 44.0. The summed E-state index contributed by atoms with van der Waals surface area (Å²) in [4.78, 5) is 13.0. The van der Waals surface area contributed by atoms with E-state index in [-0.39, 0.29) is 0 Å². The van der Waals surface area contributed by atoms with Crippen LogP contribution in [0.5, 0.6) is 0 Å². The Morgan fingerprint density at radius 2 is 0.985 bits per heavy atom. The van der Waals surface area contributed by atoms with Gasteiger partial charge in [-0.15, -0.1) is 0 Å². The first-order valence-corrected chi connectivity index (χ1v) is 23.4. The van der Waals surface area contributed by atoms with Crippen molar-refractivity contribution in [2.75, 3.05) is 0 Å². The molecule has 1 aliphatic carbocycles. The Morgan fingerprint density at radius 1 is 0.418 bits per heavy atom. The molecule has 7 heteroatoms. The van der Waals surface area contributed by atoms with Gasteiger partial charge in [0.1, 0.15) is 0 Å². The zero-order valence-corrected chi connectivity index (χ0v) is 36.5. The van der Waals surface area contributed by atoms with Crippen molar-refractivity contribution in [1.82, 2.24) is 23.7 Å². The van der Waals surface area contributed by atoms with Gasteiger partial charge in [0.15, 0.2) is 0 Å². The number of hydrogen-bond donors (Lipinski definition) is 0. The molecular weight excluding hydrogens is 837 g/mol. The summed E-state index contributed by atoms with van der Waals surface area (Å²) in [6.07, 6.45) is 3.91. The monoisotopic (exact) mass is 870 g/mol. The third-order valence-corrected chi connectivity index (χ3v) is 15.5. The molecule has 1 atom stereocenters. The maximum absolute atomic E-state index is 9.98. The third kappa shape index (κ3) is 4.74. The molecule has 8 aromatic carbocycles. The Balaban J connectivity index is 1.08. The van der Waals surface area contributed by atoms with Gasteiger partial charge in [-0.1, -0.05) is 121 Å². The molecule has 1 aliphatic heterocycles. The Morgan fingerprint density at radius 3 is 1.63 bits per heavy atom. The first kappa shape index (κ1) is 36.6. The summed E-state index contributed by atoms with van der Waals surface area (Å²) in [5.41, 5.74) is 16.1. The van der Waals surface area contributed by atoms with Crippen molar-refractivity contribution in [2.24, 2.45) is 0 Å². The van der Waals surface area contributed by atoms with Crippen LogP contribution in [0.25, 0.3) is 93.9 Å². The molecule has 0 saturated carbocycles. The molecule has 0 radical (unpaired) electrons. The van der Waals surface area contributed by atoms with Crippen molar-refractivity contribution in [1.29, 1.82) is 5.26 Å². The Kier molecular flexibility index (Phi) is 7.34. The van der Waals surface area contributed by atoms with Crippen molar-refractivity contribution in [3.8, 4) is 34.5 Å². The maximum atomic E-state index is 9.98. The SMILES string of the molecule is N#Cc1ccc2c(c1)c1ccccc1n2-c1cnc2c(c1)C1(c3ccc(-n4c5ccccc5c5ccccc54)cc3Sc3cccc(-n4c5ccccc5c5ccccc54)c31)c1cccnc1-2. The minimum atomic E-state index is -0.840. The van der Waals surface area contributed by atoms with Gasteiger partial charge < -0.3 is 13.7 Å². The molecule has 1 unspecified atom stereocenters. The van der Waals surface area contributed by atoms with Gasteiger partial charge in [-0.25, -0.2) is 0 Å². The van der Waals surface area contributed by atoms with Crippen molar-refractivity contribution >= 4 is 77.2 Å². The van der Waals surface area contributed by atoms with Crippen molar-refractivity contribution in [2.45, 2.75) is 15.2 Å². The lowest BCUT2D eigenvalue weighted by Gasteiger charge is -2.41. The van der Waals surface area contributed by atoms with Gasteiger partial charge in [-0.2, -0.15) is 5.26 Å². The molecule has 0 fully saturated rings. The summed E-state index contributed by atoms with van der Waals surface area (Å²) in [5.74, 6) is 0. The molecule has 2 aliphatic rings. The zero-order valence-electron chi connectivity index (χ0n) is 35.7. The molecule has 6 heterocycles. The fourth-order valence-electron chi connectivity index (χ4n) is 11.8. The Labute approximate surface area is 388 Å². The molecular formula is C60H34N6S. The van der Waals surface area contributed by atoms with E-state index in [0.717, 1.165) is 72.4 Å². The average molecular weight is 871 g/mol. The molecule has 0 bridgehead atoms. The lowest BCUT2D eigenvalue weighted by molar-refractivity contribution is 0.711. The second-order valence-corrected chi connectivity index (χ2v) is 18.7. The molecule has 6 nitrogen and oxygen atoms in total. The summed E-state index contributed by atoms with van der Waals surface area (Å²) in [7, 11) is 0. The minimum Gasteiger partial charge on any atom is -0.309 e. The van der Waals surface area contributed by atoms with Gasteiger partial charge >= 0.3 is 0 Å². The standard InChI is InChI=1S/C60H34N6S/c61-34-36-26-29-53-44(31-36)43-17-5-8-21-50(43)65(53)38-32-47-59(63-35-38)58-46(18-12-30-62-58)60(47)45-28-27-37(64-48-19-6-1-13-39(48)40-14-2-7-20-49(40)64)33-56(45)67-55-25-11-24-54(57(55)60)66-51-22-9-3-15-41(51)42-16-4-10-23-52(42)66/h1-33,35H. The maximum Gasteiger partial charge on any atom is 0.0991 e. The predicted octanol–water partition coefficient (Wildman–Crippen LogP) is 14.5. The summed E-state index contributed by atoms with van der Waals surface area (Å²) in [5, 5.41) is 17.0. The lowest BCUT2D eigenvalue weighted by Crippen LogP contribution is -2.33. The molecule has 5 aromatic heterocycles. The molecule has 15 rings (SSSR count). The van der Waals surface area contributed by atoms with Crippen LogP contribution in [0.3, 0.4) is 0 Å². The highest BCUT2D eigenvalue weighted by atomic mass is 32.2. The van der Waals surface area contributed by atoms with E-state index < -0.39 is 5.41 Å². The smallest absolute Gasteiger partial charge is 0.0991 e. The van der Waals surface area contributed by atoms with Crippen LogP contribution in [0.4, 0.5) is 0 Å². The van der Waals surface area contributed by atoms with Gasteiger partial charge in [0.2, 0.25) is 0 Å². The number of fused-ring (bicyclic) bond motifs is 18. The Hall–Kier alpha value is -8.70. The number of benzene rings is 8. The van der Waals surface area contributed by atoms with Crippen LogP contribution < -0.4 is 0 Å². The number of nitrogens with zero attached hydrogens (tertiary/aromatic N) is 6. The molecule has 1 spiro atoms. The Bertz CT molecular complexity index is 4250. The minimum absolute atomic E-state index is 0.633. The summed E-state index contributed by atoms with van der Waals surface area (Å²) in [6, 6.07) is 72.5. The number of nitriles is 1. The van der Waals surface area contributed by atoms with Crippen molar-refractivity contribution < 1.29 is 0 Å². The normalized spacial score (nSPS) is 14.9. The van der Waals surface area contributed by atoms with Crippen LogP contribution in [-0.2, 0) is 5.41 Å². The number of rotatable bonds is 3. The summed E-state index contributed by atoms with van der Waals surface area (Å²) in [6.45, 7) is 0. The third-order valence-electron chi connectivity index (χ3n) is 14.4. The lowest BCUT2D eigenvalue weighted by atomic mass is 9.67. The fourth-order valence-corrected chi connectivity index (χ4v) is 13.1. The summed E-state index contributed by atoms with van der Waals surface area (Å²) < 4.78 is 7.21. The molecule has 0 amide bonds. The van der Waals surface area contributed by atoms with Crippen molar-refractivity contribution in [3.63, 3.8) is 0 Å². The van der Waals surface area contributed by atoms with Crippen LogP contribution in [0.1, 0.15) is 27.8 Å². The quantitative estimate of drug-likeness (QED) is 0.177. The number of pyridine rings is 2. The molecule has 0 N–H and O–H groups in total. The second-order valence-electron chi connectivity index (χ2n) is 17.6. The molecule has 67 heavy (non-hydrogen) atoms. The predicted molar refractivity (Wildman–Crippen MR) is 271 cm³/mol. The topological polar surface area (TPSA) is 64.4 Å². The number of para-hydroxylation sites is 5. The van der Waals surface area contributed by atoms with Crippen LogP contribution in [0.2, 0.25) is 0 Å². The largest absolute Gasteiger partial charge is 0.309 e. The highest BCUT2D eigenvalue weighted by molar-refractivity contribution is 7.99. The van der Waals surface area contributed by atoms with Crippen LogP contribution in [0, 0.1) is 11.3 Å². The number of aromatic nitrogens is 5. The molecule has 13 aromatic rings. The van der Waals surface area contributed by atoms with E-state index in [0.29, 0.717) is 5.56 Å². The van der Waals surface area contributed by atoms with Gasteiger partial charge in [0, 0.05) is 65.1 Å². The first-order valence-electron chi connectivity index (χ1n) is 22.5. The average Bonchev–Trinajstić information content (AvgIpc) is 4.10. The molecule has 310 valence electrons. The second kappa shape index (κ2) is 13.4.